The number of carbonyl (C=O) groups is 1. The van der Waals surface area contributed by atoms with Crippen LogP contribution < -0.4 is 10.5 Å². The van der Waals surface area contributed by atoms with Crippen molar-refractivity contribution in [1.29, 1.82) is 0 Å². The van der Waals surface area contributed by atoms with Crippen molar-refractivity contribution in [3.63, 3.8) is 0 Å². The quantitative estimate of drug-likeness (QED) is 0.333. The van der Waals surface area contributed by atoms with Gasteiger partial charge in [0.2, 0.25) is 10.0 Å². The van der Waals surface area contributed by atoms with E-state index in [9.17, 15) is 13.2 Å². The monoisotopic (exact) mass is 417 g/mol. The number of hydrogen-bond donors (Lipinski definition) is 1. The minimum atomic E-state index is -3.56. The maximum atomic E-state index is 12.6. The zero-order chi connectivity index (χ0) is 20.9. The van der Waals surface area contributed by atoms with Gasteiger partial charge in [0.15, 0.2) is 5.84 Å². The minimum Gasteiger partial charge on any atom is -0.497 e. The van der Waals surface area contributed by atoms with Gasteiger partial charge in [-0.25, -0.2) is 13.2 Å². The fourth-order valence-corrected chi connectivity index (χ4v) is 4.57. The van der Waals surface area contributed by atoms with Gasteiger partial charge < -0.3 is 15.3 Å². The van der Waals surface area contributed by atoms with Crippen LogP contribution in [0, 0.1) is 5.92 Å². The molecule has 0 atom stereocenters. The largest absolute Gasteiger partial charge is 0.497 e. The number of methoxy groups -OCH3 is 1. The van der Waals surface area contributed by atoms with Crippen LogP contribution in [0.4, 0.5) is 0 Å². The summed E-state index contributed by atoms with van der Waals surface area (Å²) in [6.07, 6.45) is 0.721. The van der Waals surface area contributed by atoms with Crippen LogP contribution >= 0.6 is 0 Å². The van der Waals surface area contributed by atoms with Gasteiger partial charge in [-0.3, -0.25) is 0 Å². The summed E-state index contributed by atoms with van der Waals surface area (Å²) >= 11 is 0. The number of benzene rings is 2. The highest BCUT2D eigenvalue weighted by Gasteiger charge is 2.33. The first-order valence-electron chi connectivity index (χ1n) is 9.16. The molecule has 1 heterocycles. The number of nitrogens with zero attached hydrogens (tertiary/aromatic N) is 2. The lowest BCUT2D eigenvalue weighted by atomic mass is 9.99. The number of amidine groups is 1. The lowest BCUT2D eigenvalue weighted by Crippen LogP contribution is -2.40. The summed E-state index contributed by atoms with van der Waals surface area (Å²) in [5, 5.41) is 3.72. The molecule has 2 aromatic rings. The minimum absolute atomic E-state index is 0.0568. The number of piperidine rings is 1. The molecule has 0 saturated carbocycles. The summed E-state index contributed by atoms with van der Waals surface area (Å²) in [6.45, 7) is 0.484. The Morgan fingerprint density at radius 3 is 2.45 bits per heavy atom. The van der Waals surface area contributed by atoms with Gasteiger partial charge in [0, 0.05) is 18.7 Å². The Bertz CT molecular complexity index is 984. The first-order valence-corrected chi connectivity index (χ1v) is 10.6. The molecule has 1 fully saturated rings. The first-order chi connectivity index (χ1) is 13.9. The van der Waals surface area contributed by atoms with Crippen molar-refractivity contribution in [2.75, 3.05) is 20.2 Å². The third-order valence-corrected chi connectivity index (χ3v) is 6.68. The summed E-state index contributed by atoms with van der Waals surface area (Å²) in [6, 6.07) is 15.2. The summed E-state index contributed by atoms with van der Waals surface area (Å²) < 4.78 is 31.8. The van der Waals surface area contributed by atoms with Crippen LogP contribution in [-0.2, 0) is 19.7 Å². The Labute approximate surface area is 170 Å². The highest BCUT2D eigenvalue weighted by molar-refractivity contribution is 7.89. The molecule has 0 spiro atoms. The molecule has 0 unspecified atom stereocenters. The number of hydrogen-bond acceptors (Lipinski definition) is 6. The van der Waals surface area contributed by atoms with E-state index in [1.54, 1.807) is 54.6 Å². The van der Waals surface area contributed by atoms with Crippen molar-refractivity contribution < 1.29 is 22.8 Å². The summed E-state index contributed by atoms with van der Waals surface area (Å²) in [7, 11) is -2.02. The Balaban J connectivity index is 1.57. The maximum absolute atomic E-state index is 12.6. The number of sulfonamides is 1. The molecule has 8 nitrogen and oxygen atoms in total. The van der Waals surface area contributed by atoms with Crippen LogP contribution in [0.5, 0.6) is 5.75 Å². The number of rotatable bonds is 6. The van der Waals surface area contributed by atoms with Gasteiger partial charge in [0.1, 0.15) is 5.75 Å². The molecule has 0 radical (unpaired) electrons. The second kappa shape index (κ2) is 9.06. The van der Waals surface area contributed by atoms with Gasteiger partial charge in [-0.05, 0) is 37.1 Å². The first kappa shape index (κ1) is 20.8. The van der Waals surface area contributed by atoms with Crippen molar-refractivity contribution in [2.45, 2.75) is 17.7 Å². The van der Waals surface area contributed by atoms with Gasteiger partial charge in [-0.1, -0.05) is 35.5 Å². The van der Waals surface area contributed by atoms with E-state index < -0.39 is 21.9 Å². The lowest BCUT2D eigenvalue weighted by molar-refractivity contribution is -0.149. The van der Waals surface area contributed by atoms with Crippen molar-refractivity contribution in [3.05, 3.63) is 60.2 Å². The maximum Gasteiger partial charge on any atom is 0.338 e. The topological polar surface area (TPSA) is 111 Å². The van der Waals surface area contributed by atoms with E-state index in [0.717, 1.165) is 0 Å². The molecule has 1 saturated heterocycles. The van der Waals surface area contributed by atoms with Crippen LogP contribution in [-0.4, -0.2) is 44.7 Å². The molecule has 0 bridgehead atoms. The molecule has 2 N–H and O–H groups in total. The average molecular weight is 417 g/mol. The van der Waals surface area contributed by atoms with Gasteiger partial charge in [-0.15, -0.1) is 0 Å². The fourth-order valence-electron chi connectivity index (χ4n) is 3.08. The van der Waals surface area contributed by atoms with Gasteiger partial charge >= 0.3 is 5.97 Å². The van der Waals surface area contributed by atoms with E-state index in [-0.39, 0.29) is 23.8 Å². The molecule has 1 aliphatic heterocycles. The molecular formula is C20H23N3O5S. The lowest BCUT2D eigenvalue weighted by Gasteiger charge is -2.29. The number of carbonyl (C=O) groups excluding carboxylic acids is 1. The molecule has 0 amide bonds. The third-order valence-electron chi connectivity index (χ3n) is 4.77. The highest BCUT2D eigenvalue weighted by atomic mass is 32.2. The summed E-state index contributed by atoms with van der Waals surface area (Å²) in [5.41, 5.74) is 6.44. The number of ether oxygens (including phenoxy) is 1. The van der Waals surface area contributed by atoms with Crippen LogP contribution in [0.3, 0.4) is 0 Å². The Morgan fingerprint density at radius 1 is 1.10 bits per heavy atom. The zero-order valence-electron chi connectivity index (χ0n) is 16.0. The molecular weight excluding hydrogens is 394 g/mol. The molecule has 0 aliphatic carbocycles. The number of oxime groups is 1. The van der Waals surface area contributed by atoms with E-state index in [1.807, 2.05) is 0 Å². The fraction of sp³-hybridized carbons (Fsp3) is 0.300. The number of nitrogens with two attached hydrogens (primary N) is 1. The standard InChI is InChI=1S/C20H23N3O5S/c1-27-17-7-5-6-16(14-17)19(21)22-28-20(24)15-10-12-23(13-11-15)29(25,26)18-8-3-2-4-9-18/h2-9,14-15H,10-13H2,1H3,(H2,21,22). The predicted molar refractivity (Wildman–Crippen MR) is 108 cm³/mol. The molecule has 1 aliphatic rings. The van der Waals surface area contributed by atoms with E-state index in [1.165, 1.54) is 11.4 Å². The predicted octanol–water partition coefficient (Wildman–Crippen LogP) is 1.96. The van der Waals surface area contributed by atoms with E-state index in [2.05, 4.69) is 5.16 Å². The van der Waals surface area contributed by atoms with Crippen molar-refractivity contribution in [2.24, 2.45) is 16.8 Å². The normalized spacial score (nSPS) is 16.4. The Kier molecular flexibility index (Phi) is 6.50. The van der Waals surface area contributed by atoms with Crippen LogP contribution in [0.1, 0.15) is 18.4 Å². The Hall–Kier alpha value is -2.91. The van der Waals surface area contributed by atoms with E-state index >= 15 is 0 Å². The summed E-state index contributed by atoms with van der Waals surface area (Å²) in [5.74, 6) is -0.285. The third kappa shape index (κ3) is 4.93. The SMILES string of the molecule is COc1cccc(/C(N)=N/OC(=O)C2CCN(S(=O)(=O)c3ccccc3)CC2)c1. The molecule has 29 heavy (non-hydrogen) atoms. The molecule has 0 aromatic heterocycles. The van der Waals surface area contributed by atoms with Crippen molar-refractivity contribution in [1.82, 2.24) is 4.31 Å². The Morgan fingerprint density at radius 2 is 1.79 bits per heavy atom. The zero-order valence-corrected chi connectivity index (χ0v) is 16.8. The summed E-state index contributed by atoms with van der Waals surface area (Å²) in [4.78, 5) is 17.5. The highest BCUT2D eigenvalue weighted by Crippen LogP contribution is 2.24. The molecule has 9 heteroatoms. The molecule has 2 aromatic carbocycles. The smallest absolute Gasteiger partial charge is 0.338 e. The van der Waals surface area contributed by atoms with Crippen molar-refractivity contribution >= 4 is 21.8 Å². The van der Waals surface area contributed by atoms with Crippen LogP contribution in [0.15, 0.2) is 64.6 Å². The van der Waals surface area contributed by atoms with Crippen LogP contribution in [0.25, 0.3) is 0 Å². The van der Waals surface area contributed by atoms with Crippen LogP contribution in [0.2, 0.25) is 0 Å². The van der Waals surface area contributed by atoms with Gasteiger partial charge in [0.25, 0.3) is 0 Å². The second-order valence-corrected chi connectivity index (χ2v) is 8.55. The second-order valence-electron chi connectivity index (χ2n) is 6.61. The molecule has 154 valence electrons. The van der Waals surface area contributed by atoms with E-state index in [4.69, 9.17) is 15.3 Å². The van der Waals surface area contributed by atoms with Gasteiger partial charge in [0.05, 0.1) is 17.9 Å². The van der Waals surface area contributed by atoms with Gasteiger partial charge in [-0.2, -0.15) is 4.31 Å². The molecule has 3 rings (SSSR count). The average Bonchev–Trinajstić information content (AvgIpc) is 2.78. The van der Waals surface area contributed by atoms with E-state index in [0.29, 0.717) is 24.2 Å². The van der Waals surface area contributed by atoms with Crippen molar-refractivity contribution in [3.8, 4) is 5.75 Å².